The van der Waals surface area contributed by atoms with Crippen molar-refractivity contribution in [2.75, 3.05) is 0 Å². The van der Waals surface area contributed by atoms with Crippen molar-refractivity contribution < 1.29 is 13.4 Å². The van der Waals surface area contributed by atoms with Gasteiger partial charge < -0.3 is 8.83 Å². The van der Waals surface area contributed by atoms with Crippen LogP contribution in [0.3, 0.4) is 0 Å². The maximum absolute atomic E-state index is 6.63. The molecule has 0 saturated carbocycles. The normalized spacial score (nSPS) is 12.3. The van der Waals surface area contributed by atoms with E-state index in [-0.39, 0.29) is 0 Å². The molecular formula is C31H21N2O2S+. The molecule has 0 atom stereocenters. The van der Waals surface area contributed by atoms with Gasteiger partial charge in [0.05, 0.1) is 17.0 Å². The zero-order valence-electron chi connectivity index (χ0n) is 20.0. The second kappa shape index (κ2) is 6.93. The molecule has 4 nitrogen and oxygen atoms in total. The Bertz CT molecular complexity index is 2200. The monoisotopic (exact) mass is 485 g/mol. The van der Waals surface area contributed by atoms with Gasteiger partial charge in [0.15, 0.2) is 11.8 Å². The first kappa shape index (κ1) is 20.0. The van der Waals surface area contributed by atoms with Crippen LogP contribution in [0.1, 0.15) is 11.3 Å². The number of nitrogens with zero attached hydrogens (tertiary/aromatic N) is 2. The highest BCUT2D eigenvalue weighted by atomic mass is 32.1. The highest BCUT2D eigenvalue weighted by Gasteiger charge is 2.24. The van der Waals surface area contributed by atoms with Gasteiger partial charge in [0.2, 0.25) is 11.4 Å². The van der Waals surface area contributed by atoms with Crippen LogP contribution in [-0.2, 0) is 7.05 Å². The highest BCUT2D eigenvalue weighted by Crippen LogP contribution is 2.42. The molecule has 0 aliphatic carbocycles. The van der Waals surface area contributed by atoms with Crippen molar-refractivity contribution in [1.29, 1.82) is 0 Å². The summed E-state index contributed by atoms with van der Waals surface area (Å²) in [6, 6.07) is 23.6. The van der Waals surface area contributed by atoms with Gasteiger partial charge in [-0.1, -0.05) is 30.3 Å². The summed E-state index contributed by atoms with van der Waals surface area (Å²) in [6.07, 6.45) is 2.18. The van der Waals surface area contributed by atoms with E-state index < -0.39 is 0 Å². The third kappa shape index (κ3) is 2.58. The van der Waals surface area contributed by atoms with Crippen LogP contribution < -0.4 is 4.57 Å². The minimum atomic E-state index is 0.677. The molecule has 3 aromatic carbocycles. The molecule has 8 rings (SSSR count). The number of hydrogen-bond donors (Lipinski definition) is 0. The minimum absolute atomic E-state index is 0.677. The Hall–Kier alpha value is -4.22. The number of rotatable bonds is 1. The number of pyridine rings is 2. The van der Waals surface area contributed by atoms with E-state index in [0.717, 1.165) is 60.8 Å². The molecule has 0 aliphatic heterocycles. The van der Waals surface area contributed by atoms with Gasteiger partial charge >= 0.3 is 0 Å². The number of aryl methyl sites for hydroxylation is 3. The average molecular weight is 486 g/mol. The summed E-state index contributed by atoms with van der Waals surface area (Å²) in [5.41, 5.74) is 7.58. The molecular weight excluding hydrogens is 464 g/mol. The molecule has 0 unspecified atom stereocenters. The van der Waals surface area contributed by atoms with Gasteiger partial charge in [-0.05, 0) is 49.7 Å². The number of furan rings is 2. The average Bonchev–Trinajstić information content (AvgIpc) is 3.53. The van der Waals surface area contributed by atoms with Gasteiger partial charge in [0.1, 0.15) is 18.2 Å². The molecule has 172 valence electrons. The van der Waals surface area contributed by atoms with E-state index in [1.165, 1.54) is 20.2 Å². The van der Waals surface area contributed by atoms with Crippen molar-refractivity contribution in [3.05, 3.63) is 84.2 Å². The molecule has 5 heterocycles. The maximum Gasteiger partial charge on any atom is 0.227 e. The fraction of sp³-hybridized carbons (Fsp3) is 0.0968. The first-order valence-electron chi connectivity index (χ1n) is 12.0. The Labute approximate surface area is 210 Å². The molecule has 36 heavy (non-hydrogen) atoms. The van der Waals surface area contributed by atoms with E-state index in [1.807, 2.05) is 24.3 Å². The van der Waals surface area contributed by atoms with Crippen molar-refractivity contribution in [3.8, 4) is 11.3 Å². The first-order valence-corrected chi connectivity index (χ1v) is 12.8. The van der Waals surface area contributed by atoms with E-state index in [2.05, 4.69) is 90.4 Å². The number of fused-ring (bicyclic) bond motifs is 10. The Morgan fingerprint density at radius 1 is 0.750 bits per heavy atom. The number of thiophene rings is 1. The van der Waals surface area contributed by atoms with E-state index >= 15 is 0 Å². The van der Waals surface area contributed by atoms with E-state index in [1.54, 1.807) is 0 Å². The van der Waals surface area contributed by atoms with Crippen LogP contribution in [0.15, 0.2) is 81.8 Å². The summed E-state index contributed by atoms with van der Waals surface area (Å²) in [5, 5.41) is 6.81. The maximum atomic E-state index is 6.63. The first-order chi connectivity index (χ1) is 17.6. The van der Waals surface area contributed by atoms with E-state index in [4.69, 9.17) is 8.83 Å². The summed E-state index contributed by atoms with van der Waals surface area (Å²) in [4.78, 5) is 4.64. The van der Waals surface area contributed by atoms with Gasteiger partial charge in [-0.15, -0.1) is 11.3 Å². The van der Waals surface area contributed by atoms with Gasteiger partial charge in [-0.2, -0.15) is 0 Å². The second-order valence-electron chi connectivity index (χ2n) is 9.60. The molecule has 0 bridgehead atoms. The molecule has 0 N–H and O–H groups in total. The molecule has 0 amide bonds. The Morgan fingerprint density at radius 3 is 2.47 bits per heavy atom. The molecule has 0 radical (unpaired) electrons. The van der Waals surface area contributed by atoms with Crippen LogP contribution in [0.4, 0.5) is 0 Å². The second-order valence-corrected chi connectivity index (χ2v) is 10.7. The van der Waals surface area contributed by atoms with Crippen molar-refractivity contribution in [2.45, 2.75) is 13.8 Å². The topological polar surface area (TPSA) is 43.1 Å². The summed E-state index contributed by atoms with van der Waals surface area (Å²) in [5.74, 6) is 0. The molecule has 5 heteroatoms. The molecule has 0 saturated heterocycles. The number of benzene rings is 3. The Balaban J connectivity index is 1.46. The Morgan fingerprint density at radius 2 is 1.56 bits per heavy atom. The third-order valence-electron chi connectivity index (χ3n) is 7.34. The van der Waals surface area contributed by atoms with Crippen molar-refractivity contribution in [3.63, 3.8) is 0 Å². The van der Waals surface area contributed by atoms with Crippen LogP contribution in [0.2, 0.25) is 0 Å². The lowest BCUT2D eigenvalue weighted by Gasteiger charge is -2.05. The minimum Gasteiger partial charge on any atom is -0.455 e. The van der Waals surface area contributed by atoms with Gasteiger partial charge in [0, 0.05) is 42.0 Å². The highest BCUT2D eigenvalue weighted by molar-refractivity contribution is 7.26. The predicted octanol–water partition coefficient (Wildman–Crippen LogP) is 8.36. The van der Waals surface area contributed by atoms with Gasteiger partial charge in [0.25, 0.3) is 0 Å². The number of hydrogen-bond acceptors (Lipinski definition) is 4. The zero-order valence-corrected chi connectivity index (χ0v) is 20.9. The van der Waals surface area contributed by atoms with Crippen molar-refractivity contribution >= 4 is 75.5 Å². The fourth-order valence-electron chi connectivity index (χ4n) is 5.61. The lowest BCUT2D eigenvalue weighted by atomic mass is 10.0. The lowest BCUT2D eigenvalue weighted by Crippen LogP contribution is -2.30. The molecule has 0 aliphatic rings. The molecule has 8 aromatic rings. The largest absolute Gasteiger partial charge is 0.455 e. The summed E-state index contributed by atoms with van der Waals surface area (Å²) in [6.45, 7) is 4.12. The van der Waals surface area contributed by atoms with Crippen LogP contribution in [0, 0.1) is 13.8 Å². The molecule has 0 spiro atoms. The van der Waals surface area contributed by atoms with Crippen molar-refractivity contribution in [1.82, 2.24) is 4.98 Å². The van der Waals surface area contributed by atoms with Crippen LogP contribution in [0.25, 0.3) is 75.4 Å². The van der Waals surface area contributed by atoms with Crippen molar-refractivity contribution in [2.24, 2.45) is 7.05 Å². The van der Waals surface area contributed by atoms with Gasteiger partial charge in [-0.3, -0.25) is 0 Å². The van der Waals surface area contributed by atoms with Gasteiger partial charge in [-0.25, -0.2) is 9.55 Å². The SMILES string of the molecule is Cc1ccc2c(n1)oc1c(-c3cc4oc5c(ccc6sc7ccccc7c65)c4c[n+]3C)c(C)ccc12. The van der Waals surface area contributed by atoms with Crippen LogP contribution >= 0.6 is 11.3 Å². The van der Waals surface area contributed by atoms with Crippen LogP contribution in [-0.4, -0.2) is 4.98 Å². The van der Waals surface area contributed by atoms with Crippen LogP contribution in [0.5, 0.6) is 0 Å². The number of aromatic nitrogens is 2. The molecule has 0 fully saturated rings. The standard InChI is InChI=1S/C31H21N2O2S/c1-16-8-10-18-20-11-9-17(2)32-31(20)35-29(18)27(16)23-14-24-22(15-33(23)3)19-12-13-26-28(30(19)34-24)21-6-4-5-7-25(21)36-26/h4-15H,1-3H3/q+1. The predicted molar refractivity (Wildman–Crippen MR) is 148 cm³/mol. The van der Waals surface area contributed by atoms with E-state index in [0.29, 0.717) is 5.71 Å². The fourth-order valence-corrected chi connectivity index (χ4v) is 6.71. The summed E-state index contributed by atoms with van der Waals surface area (Å²) >= 11 is 1.81. The smallest absolute Gasteiger partial charge is 0.227 e. The third-order valence-corrected chi connectivity index (χ3v) is 8.48. The lowest BCUT2D eigenvalue weighted by molar-refractivity contribution is -0.659. The molecule has 5 aromatic heterocycles. The summed E-state index contributed by atoms with van der Waals surface area (Å²) in [7, 11) is 2.09. The zero-order chi connectivity index (χ0) is 24.1. The quantitative estimate of drug-likeness (QED) is 0.219. The Kier molecular flexibility index (Phi) is 3.85. The van der Waals surface area contributed by atoms with E-state index in [9.17, 15) is 0 Å². The summed E-state index contributed by atoms with van der Waals surface area (Å²) < 4.78 is 17.7.